The fourth-order valence-corrected chi connectivity index (χ4v) is 1.41. The van der Waals surface area contributed by atoms with Gasteiger partial charge in [-0.25, -0.2) is 0 Å². The maximum Gasteiger partial charge on any atom is 0.237 e. The van der Waals surface area contributed by atoms with Gasteiger partial charge >= 0.3 is 0 Å². The van der Waals surface area contributed by atoms with Crippen LogP contribution in [-0.4, -0.2) is 31.0 Å². The van der Waals surface area contributed by atoms with Gasteiger partial charge < -0.3 is 14.8 Å². The van der Waals surface area contributed by atoms with E-state index < -0.39 is 5.38 Å². The van der Waals surface area contributed by atoms with Gasteiger partial charge in [0.2, 0.25) is 5.91 Å². The van der Waals surface area contributed by atoms with E-state index in [1.165, 1.54) is 0 Å². The number of hydrogen-bond donors (Lipinski definition) is 1. The van der Waals surface area contributed by atoms with Crippen molar-refractivity contribution in [2.45, 2.75) is 25.3 Å². The van der Waals surface area contributed by atoms with E-state index in [0.717, 1.165) is 5.75 Å². The van der Waals surface area contributed by atoms with Crippen LogP contribution < -0.4 is 14.8 Å². The highest BCUT2D eigenvalue weighted by Crippen LogP contribution is 2.19. The normalized spacial score (nSPS) is 13.6. The Labute approximate surface area is 112 Å². The van der Waals surface area contributed by atoms with Crippen molar-refractivity contribution in [2.75, 3.05) is 13.7 Å². The smallest absolute Gasteiger partial charge is 0.237 e. The van der Waals surface area contributed by atoms with Crippen molar-refractivity contribution in [2.24, 2.45) is 0 Å². The van der Waals surface area contributed by atoms with Crippen molar-refractivity contribution in [1.82, 2.24) is 5.32 Å². The zero-order valence-electron chi connectivity index (χ0n) is 10.8. The number of alkyl halides is 1. The number of methoxy groups -OCH3 is 1. The Kier molecular flexibility index (Phi) is 5.78. The molecule has 1 aromatic carbocycles. The molecule has 0 aliphatic carbocycles. The van der Waals surface area contributed by atoms with Gasteiger partial charge in [-0.15, -0.1) is 11.6 Å². The lowest BCUT2D eigenvalue weighted by Gasteiger charge is -2.16. The fourth-order valence-electron chi connectivity index (χ4n) is 1.33. The van der Waals surface area contributed by atoms with Crippen molar-refractivity contribution < 1.29 is 14.3 Å². The molecule has 0 radical (unpaired) electrons. The summed E-state index contributed by atoms with van der Waals surface area (Å²) in [4.78, 5) is 11.3. The first-order chi connectivity index (χ1) is 8.52. The summed E-state index contributed by atoms with van der Waals surface area (Å²) in [5, 5.41) is 2.17. The van der Waals surface area contributed by atoms with Gasteiger partial charge in [-0.05, 0) is 26.0 Å². The molecule has 0 bridgehead atoms. The summed E-state index contributed by atoms with van der Waals surface area (Å²) in [7, 11) is 1.60. The van der Waals surface area contributed by atoms with Crippen LogP contribution in [-0.2, 0) is 4.79 Å². The molecular formula is C13H18ClNO3. The van der Waals surface area contributed by atoms with E-state index >= 15 is 0 Å². The third-order valence-corrected chi connectivity index (χ3v) is 2.50. The number of hydrogen-bond acceptors (Lipinski definition) is 3. The Hall–Kier alpha value is -1.42. The van der Waals surface area contributed by atoms with Crippen molar-refractivity contribution >= 4 is 17.5 Å². The predicted octanol–water partition coefficient (Wildman–Crippen LogP) is 2.21. The number of ether oxygens (including phenoxy) is 2. The highest BCUT2D eigenvalue weighted by Gasteiger charge is 2.11. The van der Waals surface area contributed by atoms with Crippen LogP contribution in [0.25, 0.3) is 0 Å². The van der Waals surface area contributed by atoms with Crippen LogP contribution in [0.2, 0.25) is 0 Å². The number of rotatable bonds is 6. The Morgan fingerprint density at radius 3 is 2.67 bits per heavy atom. The molecule has 0 fully saturated rings. The van der Waals surface area contributed by atoms with E-state index in [4.69, 9.17) is 21.1 Å². The Morgan fingerprint density at radius 1 is 1.39 bits per heavy atom. The molecule has 1 aromatic rings. The molecule has 5 heteroatoms. The minimum atomic E-state index is -0.533. The zero-order chi connectivity index (χ0) is 13.5. The van der Waals surface area contributed by atoms with Crippen LogP contribution in [0, 0.1) is 0 Å². The van der Waals surface area contributed by atoms with Gasteiger partial charge in [0.15, 0.2) is 0 Å². The lowest BCUT2D eigenvalue weighted by Crippen LogP contribution is -2.36. The molecular weight excluding hydrogens is 254 g/mol. The molecule has 0 saturated carbocycles. The number of nitrogens with one attached hydrogen (secondary N) is 1. The number of carbonyl (C=O) groups is 1. The van der Waals surface area contributed by atoms with Gasteiger partial charge in [-0.1, -0.05) is 6.07 Å². The van der Waals surface area contributed by atoms with E-state index in [-0.39, 0.29) is 12.0 Å². The molecule has 4 nitrogen and oxygen atoms in total. The average Bonchev–Trinajstić information content (AvgIpc) is 2.36. The third kappa shape index (κ3) is 4.84. The molecule has 0 aliphatic rings. The van der Waals surface area contributed by atoms with Crippen molar-refractivity contribution in [3.63, 3.8) is 0 Å². The van der Waals surface area contributed by atoms with Crippen LogP contribution in [0.3, 0.4) is 0 Å². The predicted molar refractivity (Wildman–Crippen MR) is 71.4 cm³/mol. The van der Waals surface area contributed by atoms with Gasteiger partial charge in [0.25, 0.3) is 0 Å². The molecule has 100 valence electrons. The quantitative estimate of drug-likeness (QED) is 0.807. The summed E-state index contributed by atoms with van der Waals surface area (Å²) < 4.78 is 10.7. The van der Waals surface area contributed by atoms with Gasteiger partial charge in [-0.3, -0.25) is 4.79 Å². The van der Waals surface area contributed by atoms with Crippen LogP contribution in [0.5, 0.6) is 11.5 Å². The highest BCUT2D eigenvalue weighted by atomic mass is 35.5. The zero-order valence-corrected chi connectivity index (χ0v) is 11.5. The summed E-state index contributed by atoms with van der Waals surface area (Å²) in [5.74, 6) is 1.24. The first-order valence-corrected chi connectivity index (χ1v) is 6.19. The molecule has 1 amide bonds. The van der Waals surface area contributed by atoms with E-state index in [1.807, 2.05) is 25.1 Å². The number of halogens is 1. The Balaban J connectivity index is 2.44. The molecule has 0 heterocycles. The lowest BCUT2D eigenvalue weighted by atomic mass is 10.3. The molecule has 2 atom stereocenters. The largest absolute Gasteiger partial charge is 0.497 e. The van der Waals surface area contributed by atoms with Crippen molar-refractivity contribution in [1.29, 1.82) is 0 Å². The number of benzene rings is 1. The first-order valence-electron chi connectivity index (χ1n) is 5.75. The monoisotopic (exact) mass is 271 g/mol. The van der Waals surface area contributed by atoms with E-state index in [1.54, 1.807) is 20.1 Å². The third-order valence-electron chi connectivity index (χ3n) is 2.30. The van der Waals surface area contributed by atoms with Crippen LogP contribution in [0.4, 0.5) is 0 Å². The van der Waals surface area contributed by atoms with Gasteiger partial charge in [0, 0.05) is 6.07 Å². The Morgan fingerprint density at radius 2 is 2.06 bits per heavy atom. The second-order valence-corrected chi connectivity index (χ2v) is 4.62. The van der Waals surface area contributed by atoms with Crippen LogP contribution in [0.1, 0.15) is 13.8 Å². The van der Waals surface area contributed by atoms with E-state index in [0.29, 0.717) is 12.3 Å². The standard InChI is InChI=1S/C13H18ClNO3/c1-9(8-15-13(16)10(2)14)18-12-6-4-5-11(7-12)17-3/h4-7,9-10H,8H2,1-3H3,(H,15,16). The molecule has 0 saturated heterocycles. The summed E-state index contributed by atoms with van der Waals surface area (Å²) in [6, 6.07) is 7.32. The summed E-state index contributed by atoms with van der Waals surface area (Å²) in [6.45, 7) is 3.91. The molecule has 1 rings (SSSR count). The summed E-state index contributed by atoms with van der Waals surface area (Å²) in [6.07, 6.45) is -0.142. The number of amides is 1. The second-order valence-electron chi connectivity index (χ2n) is 3.97. The SMILES string of the molecule is COc1cccc(OC(C)CNC(=O)C(C)Cl)c1. The minimum Gasteiger partial charge on any atom is -0.497 e. The van der Waals surface area contributed by atoms with Gasteiger partial charge in [-0.2, -0.15) is 0 Å². The van der Waals surface area contributed by atoms with Crippen LogP contribution >= 0.6 is 11.6 Å². The van der Waals surface area contributed by atoms with E-state index in [9.17, 15) is 4.79 Å². The maximum atomic E-state index is 11.3. The van der Waals surface area contributed by atoms with E-state index in [2.05, 4.69) is 5.32 Å². The van der Waals surface area contributed by atoms with Crippen molar-refractivity contribution in [3.05, 3.63) is 24.3 Å². The summed E-state index contributed by atoms with van der Waals surface area (Å²) in [5.41, 5.74) is 0. The molecule has 0 aliphatic heterocycles. The summed E-state index contributed by atoms with van der Waals surface area (Å²) >= 11 is 5.64. The average molecular weight is 272 g/mol. The minimum absolute atomic E-state index is 0.142. The first kappa shape index (κ1) is 14.6. The fraction of sp³-hybridized carbons (Fsp3) is 0.462. The maximum absolute atomic E-state index is 11.3. The Bertz CT molecular complexity index is 396. The topological polar surface area (TPSA) is 47.6 Å². The second kappa shape index (κ2) is 7.11. The molecule has 1 N–H and O–H groups in total. The molecule has 0 spiro atoms. The number of carbonyl (C=O) groups excluding carboxylic acids is 1. The molecule has 18 heavy (non-hydrogen) atoms. The lowest BCUT2D eigenvalue weighted by molar-refractivity contribution is -0.120. The van der Waals surface area contributed by atoms with Crippen molar-refractivity contribution in [3.8, 4) is 11.5 Å². The molecule has 2 unspecified atom stereocenters. The highest BCUT2D eigenvalue weighted by molar-refractivity contribution is 6.30. The van der Waals surface area contributed by atoms with Gasteiger partial charge in [0.1, 0.15) is 23.0 Å². The van der Waals surface area contributed by atoms with Crippen LogP contribution in [0.15, 0.2) is 24.3 Å². The molecule has 0 aromatic heterocycles. The van der Waals surface area contributed by atoms with Gasteiger partial charge in [0.05, 0.1) is 13.7 Å².